The number of likely N-dealkylation sites (N-methyl/N-ethyl adjacent to an activating group) is 1. The van der Waals surface area contributed by atoms with Crippen LogP contribution in [0.4, 0.5) is 5.69 Å². The lowest BCUT2D eigenvalue weighted by Gasteiger charge is -2.19. The summed E-state index contributed by atoms with van der Waals surface area (Å²) in [4.78, 5) is 40.2. The Kier molecular flexibility index (Phi) is 9.92. The number of anilines is 1. The summed E-state index contributed by atoms with van der Waals surface area (Å²) in [5.74, 6) is -0.873. The van der Waals surface area contributed by atoms with Gasteiger partial charge in [0.1, 0.15) is 6.04 Å². The molecule has 1 aromatic heterocycles. The second-order valence-corrected chi connectivity index (χ2v) is 10.2. The molecule has 0 radical (unpaired) electrons. The van der Waals surface area contributed by atoms with Gasteiger partial charge >= 0.3 is 5.97 Å². The van der Waals surface area contributed by atoms with Crippen LogP contribution < -0.4 is 10.6 Å². The summed E-state index contributed by atoms with van der Waals surface area (Å²) in [7, 11) is 2.12. The van der Waals surface area contributed by atoms with Crippen LogP contribution in [-0.4, -0.2) is 55.5 Å². The van der Waals surface area contributed by atoms with Crippen molar-refractivity contribution in [3.05, 3.63) is 50.7 Å². The maximum atomic E-state index is 13.2. The molecule has 3 rings (SSSR count). The molecule has 0 aliphatic carbocycles. The second-order valence-electron chi connectivity index (χ2n) is 8.46. The third-order valence-corrected chi connectivity index (χ3v) is 7.08. The molecule has 7 nitrogen and oxygen atoms in total. The number of benzene rings is 1. The van der Waals surface area contributed by atoms with Gasteiger partial charge in [0.05, 0.1) is 15.8 Å². The molecule has 1 aromatic carbocycles. The number of amides is 2. The van der Waals surface area contributed by atoms with Crippen LogP contribution in [0.25, 0.3) is 0 Å². The maximum Gasteiger partial charge on any atom is 0.305 e. The summed E-state index contributed by atoms with van der Waals surface area (Å²) < 4.78 is 5.47. The van der Waals surface area contributed by atoms with Crippen molar-refractivity contribution in [2.75, 3.05) is 32.1 Å². The number of carbonyl (C=O) groups is 3. The number of carbonyl (C=O) groups excluding carboxylic acids is 3. The Hall–Kier alpha value is -2.42. The molecule has 1 atom stereocenters. The molecule has 0 saturated heterocycles. The number of fused-ring (bicyclic) bond motifs is 1. The van der Waals surface area contributed by atoms with Crippen LogP contribution >= 0.6 is 22.9 Å². The Bertz CT molecular complexity index is 1010. The Morgan fingerprint density at radius 1 is 1.12 bits per heavy atom. The summed E-state index contributed by atoms with van der Waals surface area (Å²) >= 11 is 7.13. The molecule has 0 unspecified atom stereocenters. The number of nitrogens with zero attached hydrogens (tertiary/aromatic N) is 1. The first kappa shape index (κ1) is 26.2. The fraction of sp³-hybridized carbons (Fsp3) is 0.480. The van der Waals surface area contributed by atoms with E-state index in [1.54, 1.807) is 19.1 Å². The average Bonchev–Trinajstić information content (AvgIpc) is 3.16. The van der Waals surface area contributed by atoms with Crippen molar-refractivity contribution in [2.24, 2.45) is 0 Å². The van der Waals surface area contributed by atoms with E-state index in [-0.39, 0.29) is 24.2 Å². The first-order valence-electron chi connectivity index (χ1n) is 11.7. The van der Waals surface area contributed by atoms with Gasteiger partial charge in [-0.15, -0.1) is 11.3 Å². The van der Waals surface area contributed by atoms with Gasteiger partial charge in [0.25, 0.3) is 5.91 Å². The fourth-order valence-corrected chi connectivity index (χ4v) is 4.88. The van der Waals surface area contributed by atoms with E-state index < -0.39 is 6.04 Å². The molecule has 0 saturated carbocycles. The quantitative estimate of drug-likeness (QED) is 0.371. The average molecular weight is 506 g/mol. The van der Waals surface area contributed by atoms with E-state index in [1.165, 1.54) is 22.5 Å². The molecule has 2 N–H and O–H groups in total. The van der Waals surface area contributed by atoms with E-state index in [2.05, 4.69) is 28.6 Å². The third kappa shape index (κ3) is 7.82. The highest BCUT2D eigenvalue weighted by Gasteiger charge is 2.23. The minimum atomic E-state index is -0.736. The molecule has 2 aromatic rings. The van der Waals surface area contributed by atoms with E-state index in [1.807, 2.05) is 12.1 Å². The van der Waals surface area contributed by atoms with Gasteiger partial charge in [-0.1, -0.05) is 24.1 Å². The van der Waals surface area contributed by atoms with Crippen LogP contribution in [0.3, 0.4) is 0 Å². The van der Waals surface area contributed by atoms with Crippen LogP contribution in [0.5, 0.6) is 0 Å². The largest absolute Gasteiger partial charge is 0.466 e. The van der Waals surface area contributed by atoms with Crippen molar-refractivity contribution in [3.63, 3.8) is 0 Å². The maximum absolute atomic E-state index is 13.2. The first-order valence-corrected chi connectivity index (χ1v) is 12.9. The van der Waals surface area contributed by atoms with E-state index in [4.69, 9.17) is 16.3 Å². The number of esters is 1. The fourth-order valence-electron chi connectivity index (χ4n) is 3.93. The molecule has 0 fully saturated rings. The lowest BCUT2D eigenvalue weighted by Crippen LogP contribution is -2.43. The Morgan fingerprint density at radius 3 is 2.59 bits per heavy atom. The summed E-state index contributed by atoms with van der Waals surface area (Å²) in [6, 6.07) is 8.58. The molecular weight excluding hydrogens is 474 g/mol. The highest BCUT2D eigenvalue weighted by atomic mass is 35.5. The topological polar surface area (TPSA) is 87.7 Å². The molecule has 184 valence electrons. The van der Waals surface area contributed by atoms with E-state index >= 15 is 0 Å². The summed E-state index contributed by atoms with van der Waals surface area (Å²) in [6.07, 6.45) is 3.79. The minimum absolute atomic E-state index is 0.253. The third-order valence-electron chi connectivity index (χ3n) is 5.85. The van der Waals surface area contributed by atoms with Gasteiger partial charge in [-0.2, -0.15) is 0 Å². The van der Waals surface area contributed by atoms with Gasteiger partial charge < -0.3 is 20.3 Å². The summed E-state index contributed by atoms with van der Waals surface area (Å²) in [5, 5.41) is 5.81. The van der Waals surface area contributed by atoms with Crippen LogP contribution in [0.2, 0.25) is 4.34 Å². The number of nitrogens with one attached hydrogen (secondary N) is 2. The minimum Gasteiger partial charge on any atom is -0.466 e. The molecule has 1 aliphatic heterocycles. The number of rotatable bonds is 10. The van der Waals surface area contributed by atoms with Gasteiger partial charge in [-0.25, -0.2) is 0 Å². The molecule has 9 heteroatoms. The Morgan fingerprint density at radius 2 is 1.88 bits per heavy atom. The van der Waals surface area contributed by atoms with Crippen molar-refractivity contribution in [1.82, 2.24) is 10.2 Å². The van der Waals surface area contributed by atoms with Crippen molar-refractivity contribution < 1.29 is 19.1 Å². The second kappa shape index (κ2) is 12.9. The number of unbranched alkanes of at least 4 members (excludes halogenated alkanes) is 1. The Labute approximate surface area is 209 Å². The first-order chi connectivity index (χ1) is 16.4. The zero-order chi connectivity index (χ0) is 24.5. The monoisotopic (exact) mass is 505 g/mol. The van der Waals surface area contributed by atoms with E-state index in [0.29, 0.717) is 35.1 Å². The van der Waals surface area contributed by atoms with Crippen LogP contribution in [0, 0.1) is 0 Å². The zero-order valence-electron chi connectivity index (χ0n) is 19.7. The van der Waals surface area contributed by atoms with Gasteiger partial charge in [-0.3, -0.25) is 14.4 Å². The summed E-state index contributed by atoms with van der Waals surface area (Å²) in [5.41, 5.74) is 3.27. The van der Waals surface area contributed by atoms with Gasteiger partial charge in [0, 0.05) is 25.2 Å². The molecular formula is C25H32ClN3O4S. The van der Waals surface area contributed by atoms with Crippen molar-refractivity contribution in [1.29, 1.82) is 0 Å². The SMILES string of the molecule is CCOC(=O)CCCC[C@@H](NC(=O)c1ccc(Cl)s1)C(=O)Nc1ccc2c(c1)CCN(C)CC2. The van der Waals surface area contributed by atoms with Gasteiger partial charge in [0.2, 0.25) is 5.91 Å². The smallest absolute Gasteiger partial charge is 0.305 e. The van der Waals surface area contributed by atoms with Crippen LogP contribution in [-0.2, 0) is 27.2 Å². The lowest BCUT2D eigenvalue weighted by molar-refractivity contribution is -0.143. The van der Waals surface area contributed by atoms with Crippen molar-refractivity contribution in [2.45, 2.75) is 51.5 Å². The molecule has 0 spiro atoms. The summed E-state index contributed by atoms with van der Waals surface area (Å²) in [6.45, 7) is 4.12. The number of hydrogen-bond donors (Lipinski definition) is 2. The standard InChI is InChI=1S/C25H32ClN3O4S/c1-3-33-23(30)7-5-4-6-20(28-25(32)21-10-11-22(26)34-21)24(31)27-19-9-8-17-12-14-29(2)15-13-18(17)16-19/h8-11,16,20H,3-7,12-15H2,1-2H3,(H,27,31)(H,28,32)/t20-/m1/s1. The number of hydrogen-bond acceptors (Lipinski definition) is 6. The van der Waals surface area contributed by atoms with E-state index in [9.17, 15) is 14.4 Å². The highest BCUT2D eigenvalue weighted by molar-refractivity contribution is 7.18. The van der Waals surface area contributed by atoms with E-state index in [0.717, 1.165) is 31.6 Å². The van der Waals surface area contributed by atoms with Gasteiger partial charge in [-0.05, 0) is 75.0 Å². The van der Waals surface area contributed by atoms with Crippen LogP contribution in [0.1, 0.15) is 53.4 Å². The number of halogens is 1. The molecule has 2 amide bonds. The number of ether oxygens (including phenoxy) is 1. The zero-order valence-corrected chi connectivity index (χ0v) is 21.3. The normalized spacial score (nSPS) is 14.6. The molecule has 2 heterocycles. The van der Waals surface area contributed by atoms with Crippen molar-refractivity contribution in [3.8, 4) is 0 Å². The predicted molar refractivity (Wildman–Crippen MR) is 136 cm³/mol. The Balaban J connectivity index is 1.65. The predicted octanol–water partition coefficient (Wildman–Crippen LogP) is 4.29. The lowest BCUT2D eigenvalue weighted by atomic mass is 10.0. The number of thiophene rings is 1. The molecule has 1 aliphatic rings. The van der Waals surface area contributed by atoms with Gasteiger partial charge in [0.15, 0.2) is 0 Å². The van der Waals surface area contributed by atoms with Crippen LogP contribution in [0.15, 0.2) is 30.3 Å². The molecule has 0 bridgehead atoms. The highest BCUT2D eigenvalue weighted by Crippen LogP contribution is 2.23. The van der Waals surface area contributed by atoms with Crippen molar-refractivity contribution >= 4 is 46.4 Å². The molecule has 34 heavy (non-hydrogen) atoms.